The number of halogens is 1. The lowest BCUT2D eigenvalue weighted by Crippen LogP contribution is -2.23. The average molecular weight is 478 g/mol. The van der Waals surface area contributed by atoms with Gasteiger partial charge in [0.25, 0.3) is 0 Å². The summed E-state index contributed by atoms with van der Waals surface area (Å²) in [5, 5.41) is 16.1. The normalized spacial score (nSPS) is 11.7. The first-order chi connectivity index (χ1) is 16.0. The molecule has 0 aliphatic carbocycles. The standard InChI is InChI=1S/C25H24ClN5OS/c1-17-11-13-22(14-12-17)31-23(16-27-21-10-6-7-19(26)15-21)29-30-25(31)33-18(2)24(32)28-20-8-4-3-5-9-20/h3-15,18,27H,16H2,1-2H3,(H,28,32). The topological polar surface area (TPSA) is 71.8 Å². The zero-order chi connectivity index (χ0) is 23.2. The van der Waals surface area contributed by atoms with Crippen LogP contribution in [-0.2, 0) is 11.3 Å². The molecule has 0 saturated heterocycles. The van der Waals surface area contributed by atoms with Gasteiger partial charge in [-0.25, -0.2) is 0 Å². The van der Waals surface area contributed by atoms with Crippen molar-refractivity contribution < 1.29 is 4.79 Å². The first-order valence-corrected chi connectivity index (χ1v) is 11.8. The van der Waals surface area contributed by atoms with E-state index in [0.717, 1.165) is 28.5 Å². The highest BCUT2D eigenvalue weighted by Gasteiger charge is 2.21. The van der Waals surface area contributed by atoms with Crippen molar-refractivity contribution in [3.63, 3.8) is 0 Å². The number of carbonyl (C=O) groups is 1. The molecular formula is C25H24ClN5OS. The molecule has 1 heterocycles. The SMILES string of the molecule is Cc1ccc(-n2c(CNc3cccc(Cl)c3)nnc2SC(C)C(=O)Nc2ccccc2)cc1. The predicted octanol–water partition coefficient (Wildman–Crippen LogP) is 5.96. The van der Waals surface area contributed by atoms with Crippen molar-refractivity contribution in [2.24, 2.45) is 0 Å². The summed E-state index contributed by atoms with van der Waals surface area (Å²) in [5.41, 5.74) is 3.76. The first-order valence-electron chi connectivity index (χ1n) is 10.5. The van der Waals surface area contributed by atoms with Gasteiger partial charge in [0.1, 0.15) is 0 Å². The molecular weight excluding hydrogens is 454 g/mol. The lowest BCUT2D eigenvalue weighted by molar-refractivity contribution is -0.115. The van der Waals surface area contributed by atoms with Gasteiger partial charge in [0.15, 0.2) is 11.0 Å². The molecule has 1 atom stereocenters. The second kappa shape index (κ2) is 10.6. The minimum atomic E-state index is -0.368. The van der Waals surface area contributed by atoms with Crippen molar-refractivity contribution in [3.8, 4) is 5.69 Å². The summed E-state index contributed by atoms with van der Waals surface area (Å²) in [7, 11) is 0. The lowest BCUT2D eigenvalue weighted by atomic mass is 10.2. The van der Waals surface area contributed by atoms with Crippen LogP contribution in [0.1, 0.15) is 18.3 Å². The fraction of sp³-hybridized carbons (Fsp3) is 0.160. The Hall–Kier alpha value is -3.29. The van der Waals surface area contributed by atoms with Crippen LogP contribution in [0, 0.1) is 6.92 Å². The quantitative estimate of drug-likeness (QED) is 0.306. The van der Waals surface area contributed by atoms with Crippen LogP contribution in [0.5, 0.6) is 0 Å². The molecule has 0 bridgehead atoms. The summed E-state index contributed by atoms with van der Waals surface area (Å²) in [6.07, 6.45) is 0. The summed E-state index contributed by atoms with van der Waals surface area (Å²) in [5.74, 6) is 0.639. The number of benzene rings is 3. The van der Waals surface area contributed by atoms with Gasteiger partial charge in [0.05, 0.1) is 11.8 Å². The molecule has 0 saturated carbocycles. The van der Waals surface area contributed by atoms with Gasteiger partial charge in [-0.2, -0.15) is 0 Å². The maximum atomic E-state index is 12.7. The number of carbonyl (C=O) groups excluding carboxylic acids is 1. The molecule has 1 aromatic heterocycles. The molecule has 33 heavy (non-hydrogen) atoms. The van der Waals surface area contributed by atoms with E-state index < -0.39 is 0 Å². The van der Waals surface area contributed by atoms with Crippen LogP contribution < -0.4 is 10.6 Å². The van der Waals surface area contributed by atoms with E-state index in [2.05, 4.69) is 20.8 Å². The van der Waals surface area contributed by atoms with E-state index in [1.807, 2.05) is 97.3 Å². The molecule has 0 aliphatic heterocycles. The predicted molar refractivity (Wildman–Crippen MR) is 135 cm³/mol. The Kier molecular flexibility index (Phi) is 7.32. The summed E-state index contributed by atoms with van der Waals surface area (Å²) in [6.45, 7) is 4.36. The van der Waals surface area contributed by atoms with Gasteiger partial charge in [-0.05, 0) is 56.3 Å². The van der Waals surface area contributed by atoms with E-state index in [0.29, 0.717) is 16.7 Å². The van der Waals surface area contributed by atoms with Crippen LogP contribution in [0.3, 0.4) is 0 Å². The fourth-order valence-corrected chi connectivity index (χ4v) is 4.28. The van der Waals surface area contributed by atoms with E-state index >= 15 is 0 Å². The van der Waals surface area contributed by atoms with Gasteiger partial charge in [0.2, 0.25) is 5.91 Å². The van der Waals surface area contributed by atoms with E-state index in [-0.39, 0.29) is 11.2 Å². The smallest absolute Gasteiger partial charge is 0.237 e. The number of aryl methyl sites for hydroxylation is 1. The molecule has 8 heteroatoms. The molecule has 0 aliphatic rings. The van der Waals surface area contributed by atoms with Crippen molar-refractivity contribution >= 4 is 40.6 Å². The van der Waals surface area contributed by atoms with Gasteiger partial charge >= 0.3 is 0 Å². The monoisotopic (exact) mass is 477 g/mol. The van der Waals surface area contributed by atoms with Crippen molar-refractivity contribution in [2.45, 2.75) is 30.8 Å². The van der Waals surface area contributed by atoms with E-state index in [4.69, 9.17) is 11.6 Å². The van der Waals surface area contributed by atoms with Crippen LogP contribution in [-0.4, -0.2) is 25.9 Å². The highest BCUT2D eigenvalue weighted by molar-refractivity contribution is 8.00. The Morgan fingerprint density at radius 3 is 2.45 bits per heavy atom. The van der Waals surface area contributed by atoms with Gasteiger partial charge in [-0.15, -0.1) is 10.2 Å². The molecule has 0 fully saturated rings. The van der Waals surface area contributed by atoms with Gasteiger partial charge in [-0.3, -0.25) is 9.36 Å². The summed E-state index contributed by atoms with van der Waals surface area (Å²) in [4.78, 5) is 12.7. The number of para-hydroxylation sites is 1. The second-order valence-electron chi connectivity index (χ2n) is 7.55. The van der Waals surface area contributed by atoms with E-state index in [1.54, 1.807) is 0 Å². The summed E-state index contributed by atoms with van der Waals surface area (Å²) in [6, 6.07) is 25.1. The Morgan fingerprint density at radius 2 is 1.73 bits per heavy atom. The average Bonchev–Trinajstić information content (AvgIpc) is 3.21. The van der Waals surface area contributed by atoms with Gasteiger partial charge < -0.3 is 10.6 Å². The van der Waals surface area contributed by atoms with Crippen molar-refractivity contribution in [2.75, 3.05) is 10.6 Å². The molecule has 4 aromatic rings. The number of anilines is 2. The minimum Gasteiger partial charge on any atom is -0.378 e. The second-order valence-corrected chi connectivity index (χ2v) is 9.29. The molecule has 0 radical (unpaired) electrons. The Labute approximate surface area is 202 Å². The van der Waals surface area contributed by atoms with Gasteiger partial charge in [0, 0.05) is 22.1 Å². The molecule has 2 N–H and O–H groups in total. The van der Waals surface area contributed by atoms with Crippen LogP contribution in [0.4, 0.5) is 11.4 Å². The number of hydrogen-bond acceptors (Lipinski definition) is 5. The fourth-order valence-electron chi connectivity index (χ4n) is 3.20. The van der Waals surface area contributed by atoms with Crippen LogP contribution in [0.25, 0.3) is 5.69 Å². The minimum absolute atomic E-state index is 0.0942. The largest absolute Gasteiger partial charge is 0.378 e. The maximum absolute atomic E-state index is 12.7. The van der Waals surface area contributed by atoms with Gasteiger partial charge in [-0.1, -0.05) is 65.3 Å². The third-order valence-corrected chi connectivity index (χ3v) is 6.24. The highest BCUT2D eigenvalue weighted by atomic mass is 35.5. The maximum Gasteiger partial charge on any atom is 0.237 e. The number of nitrogens with one attached hydrogen (secondary N) is 2. The summed E-state index contributed by atoms with van der Waals surface area (Å²) >= 11 is 7.47. The molecule has 3 aromatic carbocycles. The third kappa shape index (κ3) is 5.94. The number of hydrogen-bond donors (Lipinski definition) is 2. The molecule has 0 spiro atoms. The Bertz CT molecular complexity index is 1230. The molecule has 168 valence electrons. The zero-order valence-electron chi connectivity index (χ0n) is 18.3. The van der Waals surface area contributed by atoms with Crippen LogP contribution >= 0.6 is 23.4 Å². The summed E-state index contributed by atoms with van der Waals surface area (Å²) < 4.78 is 1.98. The highest BCUT2D eigenvalue weighted by Crippen LogP contribution is 2.27. The number of aromatic nitrogens is 3. The lowest BCUT2D eigenvalue weighted by Gasteiger charge is -2.14. The number of nitrogens with zero attached hydrogens (tertiary/aromatic N) is 3. The number of amides is 1. The molecule has 6 nitrogen and oxygen atoms in total. The van der Waals surface area contributed by atoms with Crippen LogP contribution in [0.15, 0.2) is 84.0 Å². The van der Waals surface area contributed by atoms with Crippen molar-refractivity contribution in [3.05, 3.63) is 95.3 Å². The molecule has 4 rings (SSSR count). The molecule has 1 amide bonds. The molecule has 1 unspecified atom stereocenters. The Morgan fingerprint density at radius 1 is 1.00 bits per heavy atom. The third-order valence-electron chi connectivity index (χ3n) is 4.96. The zero-order valence-corrected chi connectivity index (χ0v) is 19.9. The number of rotatable bonds is 8. The first kappa shape index (κ1) is 22.9. The number of thioether (sulfide) groups is 1. The van der Waals surface area contributed by atoms with Crippen molar-refractivity contribution in [1.82, 2.24) is 14.8 Å². The van der Waals surface area contributed by atoms with E-state index in [1.165, 1.54) is 11.8 Å². The van der Waals surface area contributed by atoms with E-state index in [9.17, 15) is 4.79 Å². The van der Waals surface area contributed by atoms with Crippen LogP contribution in [0.2, 0.25) is 5.02 Å². The van der Waals surface area contributed by atoms with Crippen molar-refractivity contribution in [1.29, 1.82) is 0 Å². The Balaban J connectivity index is 1.56.